The van der Waals surface area contributed by atoms with Crippen molar-refractivity contribution in [2.75, 3.05) is 6.61 Å². The summed E-state index contributed by atoms with van der Waals surface area (Å²) in [4.78, 5) is 0. The summed E-state index contributed by atoms with van der Waals surface area (Å²) in [5, 5.41) is 11.9. The second-order valence-corrected chi connectivity index (χ2v) is 8.62. The van der Waals surface area contributed by atoms with Crippen molar-refractivity contribution in [2.24, 2.45) is 0 Å². The van der Waals surface area contributed by atoms with Crippen LogP contribution in [-0.4, -0.2) is 29.5 Å². The molecule has 0 aromatic heterocycles. The minimum absolute atomic E-state index is 0.0915. The lowest BCUT2D eigenvalue weighted by Crippen LogP contribution is -2.53. The first-order chi connectivity index (χ1) is 17.1. The van der Waals surface area contributed by atoms with Gasteiger partial charge in [-0.05, 0) is 29.5 Å². The molecule has 1 N–H and O–H groups in total. The van der Waals surface area contributed by atoms with E-state index in [9.17, 15) is 5.11 Å². The molecule has 4 heteroatoms. The molecule has 0 bridgehead atoms. The largest absolute Gasteiger partial charge is 0.385 e. The SMILES string of the molecule is C=CCCC(O)(COCc1ccccc1)[C@@H](OCc1ccccc1)[C@@H](C=C)OCc1ccccc1. The van der Waals surface area contributed by atoms with Gasteiger partial charge in [-0.3, -0.25) is 0 Å². The minimum atomic E-state index is -1.31. The van der Waals surface area contributed by atoms with E-state index in [2.05, 4.69) is 13.2 Å². The van der Waals surface area contributed by atoms with Gasteiger partial charge in [0, 0.05) is 0 Å². The zero-order valence-electron chi connectivity index (χ0n) is 20.3. The Labute approximate surface area is 209 Å². The van der Waals surface area contributed by atoms with Crippen molar-refractivity contribution in [3.8, 4) is 0 Å². The molecule has 3 aromatic carbocycles. The summed E-state index contributed by atoms with van der Waals surface area (Å²) in [6, 6.07) is 29.8. The highest BCUT2D eigenvalue weighted by atomic mass is 16.6. The zero-order valence-corrected chi connectivity index (χ0v) is 20.3. The Morgan fingerprint density at radius 2 is 1.20 bits per heavy atom. The molecule has 3 atom stereocenters. The van der Waals surface area contributed by atoms with Gasteiger partial charge in [0.15, 0.2) is 0 Å². The monoisotopic (exact) mass is 472 g/mol. The molecule has 3 rings (SSSR count). The molecule has 184 valence electrons. The smallest absolute Gasteiger partial charge is 0.119 e. The maximum absolute atomic E-state index is 11.9. The lowest BCUT2D eigenvalue weighted by molar-refractivity contribution is -0.189. The van der Waals surface area contributed by atoms with Crippen LogP contribution in [0.15, 0.2) is 116 Å². The third-order valence-electron chi connectivity index (χ3n) is 5.86. The molecule has 0 amide bonds. The van der Waals surface area contributed by atoms with E-state index in [-0.39, 0.29) is 6.61 Å². The molecule has 0 aliphatic heterocycles. The third kappa shape index (κ3) is 8.61. The number of benzene rings is 3. The maximum Gasteiger partial charge on any atom is 0.119 e. The number of ether oxygens (including phenoxy) is 3. The molecule has 0 heterocycles. The first kappa shape index (κ1) is 26.6. The van der Waals surface area contributed by atoms with Crippen molar-refractivity contribution in [3.05, 3.63) is 133 Å². The number of hydrogen-bond acceptors (Lipinski definition) is 4. The normalized spacial score (nSPS) is 14.5. The molecule has 35 heavy (non-hydrogen) atoms. The van der Waals surface area contributed by atoms with Crippen LogP contribution in [-0.2, 0) is 34.0 Å². The molecule has 0 spiro atoms. The highest BCUT2D eigenvalue weighted by molar-refractivity contribution is 5.16. The second kappa shape index (κ2) is 14.4. The molecular weight excluding hydrogens is 436 g/mol. The highest BCUT2D eigenvalue weighted by Gasteiger charge is 2.42. The van der Waals surface area contributed by atoms with Crippen molar-refractivity contribution in [2.45, 2.75) is 50.5 Å². The van der Waals surface area contributed by atoms with E-state index < -0.39 is 17.8 Å². The van der Waals surface area contributed by atoms with Crippen molar-refractivity contribution in [1.82, 2.24) is 0 Å². The van der Waals surface area contributed by atoms with Gasteiger partial charge in [-0.2, -0.15) is 0 Å². The van der Waals surface area contributed by atoms with Crippen LogP contribution in [0, 0.1) is 0 Å². The van der Waals surface area contributed by atoms with E-state index in [1.165, 1.54) is 0 Å². The quantitative estimate of drug-likeness (QED) is 0.250. The van der Waals surface area contributed by atoms with Gasteiger partial charge in [0.2, 0.25) is 0 Å². The molecule has 0 saturated carbocycles. The topological polar surface area (TPSA) is 47.9 Å². The van der Waals surface area contributed by atoms with Gasteiger partial charge >= 0.3 is 0 Å². The van der Waals surface area contributed by atoms with Crippen LogP contribution in [0.25, 0.3) is 0 Å². The summed E-state index contributed by atoms with van der Waals surface area (Å²) < 4.78 is 18.6. The summed E-state index contributed by atoms with van der Waals surface area (Å²) >= 11 is 0. The first-order valence-corrected chi connectivity index (χ1v) is 12.0. The Morgan fingerprint density at radius 1 is 0.714 bits per heavy atom. The van der Waals surface area contributed by atoms with Crippen LogP contribution in [0.4, 0.5) is 0 Å². The number of aliphatic hydroxyl groups is 1. The van der Waals surface area contributed by atoms with E-state index in [1.807, 2.05) is 91.0 Å². The second-order valence-electron chi connectivity index (χ2n) is 8.62. The van der Waals surface area contributed by atoms with Crippen molar-refractivity contribution in [3.63, 3.8) is 0 Å². The summed E-state index contributed by atoms with van der Waals surface area (Å²) in [5.41, 5.74) is 1.78. The average Bonchev–Trinajstić information content (AvgIpc) is 2.91. The maximum atomic E-state index is 11.9. The van der Waals surface area contributed by atoms with Gasteiger partial charge in [-0.25, -0.2) is 0 Å². The molecule has 0 radical (unpaired) electrons. The van der Waals surface area contributed by atoms with Crippen molar-refractivity contribution in [1.29, 1.82) is 0 Å². The minimum Gasteiger partial charge on any atom is -0.385 e. The van der Waals surface area contributed by atoms with Crippen LogP contribution >= 0.6 is 0 Å². The van der Waals surface area contributed by atoms with E-state index >= 15 is 0 Å². The van der Waals surface area contributed by atoms with Gasteiger partial charge in [-0.1, -0.05) is 103 Å². The number of allylic oxidation sites excluding steroid dienone is 1. The Balaban J connectivity index is 1.79. The molecule has 0 saturated heterocycles. The first-order valence-electron chi connectivity index (χ1n) is 12.0. The van der Waals surface area contributed by atoms with Crippen LogP contribution in [0.2, 0.25) is 0 Å². The van der Waals surface area contributed by atoms with E-state index in [0.29, 0.717) is 32.7 Å². The molecule has 4 nitrogen and oxygen atoms in total. The fourth-order valence-corrected chi connectivity index (χ4v) is 3.93. The van der Waals surface area contributed by atoms with Gasteiger partial charge in [0.1, 0.15) is 17.8 Å². The van der Waals surface area contributed by atoms with Crippen LogP contribution in [0.3, 0.4) is 0 Å². The number of rotatable bonds is 16. The van der Waals surface area contributed by atoms with Gasteiger partial charge in [0.05, 0.1) is 26.4 Å². The Morgan fingerprint density at radius 3 is 1.69 bits per heavy atom. The standard InChI is InChI=1S/C31H36O4/c1-3-5-21-31(32,25-33-22-26-15-9-6-10-16-26)30(35-24-28-19-13-8-14-20-28)29(4-2)34-23-27-17-11-7-12-18-27/h3-4,6-20,29-30,32H,1-2,5,21-25H2/t29-,30+,31?/m1/s1. The lowest BCUT2D eigenvalue weighted by Gasteiger charge is -2.39. The average molecular weight is 473 g/mol. The summed E-state index contributed by atoms with van der Waals surface area (Å²) in [5.74, 6) is 0. The van der Waals surface area contributed by atoms with Crippen LogP contribution in [0.5, 0.6) is 0 Å². The summed E-state index contributed by atoms with van der Waals surface area (Å²) in [7, 11) is 0. The van der Waals surface area contributed by atoms with Crippen LogP contribution in [0.1, 0.15) is 29.5 Å². The van der Waals surface area contributed by atoms with Crippen molar-refractivity contribution >= 4 is 0 Å². The summed E-state index contributed by atoms with van der Waals surface area (Å²) in [6.45, 7) is 9.03. The van der Waals surface area contributed by atoms with E-state index in [4.69, 9.17) is 14.2 Å². The predicted molar refractivity (Wildman–Crippen MR) is 141 cm³/mol. The molecule has 3 aromatic rings. The fourth-order valence-electron chi connectivity index (χ4n) is 3.93. The molecule has 0 fully saturated rings. The molecule has 0 aliphatic carbocycles. The fraction of sp³-hybridized carbons (Fsp3) is 0.290. The Hall–Kier alpha value is -3.02. The Kier molecular flexibility index (Phi) is 10.9. The van der Waals surface area contributed by atoms with Crippen molar-refractivity contribution < 1.29 is 19.3 Å². The van der Waals surface area contributed by atoms with E-state index in [1.54, 1.807) is 12.2 Å². The Bertz CT molecular complexity index is 990. The zero-order chi connectivity index (χ0) is 24.8. The summed E-state index contributed by atoms with van der Waals surface area (Å²) in [6.07, 6.45) is 3.29. The predicted octanol–water partition coefficient (Wildman–Crippen LogP) is 6.26. The molecule has 0 aliphatic rings. The van der Waals surface area contributed by atoms with Gasteiger partial charge < -0.3 is 19.3 Å². The van der Waals surface area contributed by atoms with Crippen LogP contribution < -0.4 is 0 Å². The van der Waals surface area contributed by atoms with Gasteiger partial charge in [-0.15, -0.1) is 13.2 Å². The highest BCUT2D eigenvalue weighted by Crippen LogP contribution is 2.28. The number of hydrogen-bond donors (Lipinski definition) is 1. The lowest BCUT2D eigenvalue weighted by atomic mass is 9.88. The molecule has 1 unspecified atom stereocenters. The van der Waals surface area contributed by atoms with E-state index in [0.717, 1.165) is 16.7 Å². The molecular formula is C31H36O4. The third-order valence-corrected chi connectivity index (χ3v) is 5.86. The van der Waals surface area contributed by atoms with Gasteiger partial charge in [0.25, 0.3) is 0 Å².